The highest BCUT2D eigenvalue weighted by Crippen LogP contribution is 2.58. The van der Waals surface area contributed by atoms with Gasteiger partial charge in [0, 0.05) is 65.4 Å². The molecule has 0 unspecified atom stereocenters. The van der Waals surface area contributed by atoms with Crippen LogP contribution in [0.15, 0.2) is 102 Å². The Kier molecular flexibility index (Phi) is 7.40. The van der Waals surface area contributed by atoms with Crippen molar-refractivity contribution in [1.82, 2.24) is 5.01 Å². The molecule has 1 N–H and O–H groups in total. The second kappa shape index (κ2) is 11.6. The fourth-order valence-electron chi connectivity index (χ4n) is 7.17. The van der Waals surface area contributed by atoms with Crippen LogP contribution >= 0.6 is 0 Å². The van der Waals surface area contributed by atoms with Crippen molar-refractivity contribution < 1.29 is 14.6 Å². The molecule has 0 aliphatic carbocycles. The molecule has 7 rings (SSSR count). The van der Waals surface area contributed by atoms with Gasteiger partial charge < -0.3 is 19.6 Å². The number of hydrogen-bond donors (Lipinski definition) is 1. The summed E-state index contributed by atoms with van der Waals surface area (Å²) < 4.78 is 6.64. The van der Waals surface area contributed by atoms with Crippen LogP contribution in [0.25, 0.3) is 10.8 Å². The van der Waals surface area contributed by atoms with Crippen molar-refractivity contribution in [2.24, 2.45) is 5.10 Å². The second-order valence-electron chi connectivity index (χ2n) is 11.6. The van der Waals surface area contributed by atoms with Crippen LogP contribution < -0.4 is 14.5 Å². The van der Waals surface area contributed by atoms with E-state index in [0.29, 0.717) is 22.6 Å². The van der Waals surface area contributed by atoms with Crippen molar-refractivity contribution in [2.75, 3.05) is 36.0 Å². The van der Waals surface area contributed by atoms with Gasteiger partial charge in [-0.05, 0) is 87.0 Å². The quantitative estimate of drug-likeness (QED) is 0.180. The lowest BCUT2D eigenvalue weighted by Crippen LogP contribution is -2.44. The van der Waals surface area contributed by atoms with Gasteiger partial charge in [0.25, 0.3) is 5.91 Å². The molecule has 0 fully saturated rings. The minimum absolute atomic E-state index is 0.0982. The number of ether oxygens (including phenoxy) is 1. The second-order valence-corrected chi connectivity index (χ2v) is 11.6. The Labute approximate surface area is 270 Å². The number of benzene rings is 5. The molecule has 1 amide bonds. The Hall–Kier alpha value is -5.30. The predicted molar refractivity (Wildman–Crippen MR) is 186 cm³/mol. The first-order chi connectivity index (χ1) is 22.5. The molecule has 5 aromatic carbocycles. The number of anilines is 2. The van der Waals surface area contributed by atoms with E-state index in [1.54, 1.807) is 17.3 Å². The summed E-state index contributed by atoms with van der Waals surface area (Å²) in [4.78, 5) is 19.2. The smallest absolute Gasteiger partial charge is 0.275 e. The molecule has 0 atom stereocenters. The van der Waals surface area contributed by atoms with Gasteiger partial charge in [-0.2, -0.15) is 5.10 Å². The third-order valence-electron chi connectivity index (χ3n) is 9.49. The standard InChI is InChI=1S/C39H38N4O3/c1-5-41(6-2)27-18-21-36-33(23-27)39(34-24-28(42(7-3)8-4)19-22-37(34)46-36)32-16-12-11-15-30(32)38(45)43(39)40-25-31-29-14-10-9-13-26(29)17-20-35(31)44/h9-25,44H,5-8H2,1-4H3/b40-25+. The molecule has 46 heavy (non-hydrogen) atoms. The molecule has 0 radical (unpaired) electrons. The first-order valence-electron chi connectivity index (χ1n) is 16.1. The summed E-state index contributed by atoms with van der Waals surface area (Å²) in [7, 11) is 0. The highest BCUT2D eigenvalue weighted by molar-refractivity contribution is 6.05. The number of rotatable bonds is 8. The van der Waals surface area contributed by atoms with Gasteiger partial charge in [-0.15, -0.1) is 0 Å². The van der Waals surface area contributed by atoms with Gasteiger partial charge in [0.2, 0.25) is 0 Å². The third-order valence-corrected chi connectivity index (χ3v) is 9.49. The van der Waals surface area contributed by atoms with Crippen LogP contribution in [-0.4, -0.2) is 48.4 Å². The molecule has 1 spiro atoms. The fraction of sp³-hybridized carbons (Fsp3) is 0.231. The molecular formula is C39H38N4O3. The SMILES string of the molecule is CCN(CC)c1ccc2c(c1)C1(c3cc(N(CC)CC)ccc3O2)c2ccccc2C(=O)N1/N=C/c1c(O)ccc2ccccc12. The number of hydrogen-bond acceptors (Lipinski definition) is 6. The number of phenolic OH excluding ortho intramolecular Hbond substituents is 1. The van der Waals surface area contributed by atoms with Crippen LogP contribution in [0.4, 0.5) is 11.4 Å². The van der Waals surface area contributed by atoms with E-state index in [4.69, 9.17) is 9.84 Å². The number of amides is 1. The first kappa shape index (κ1) is 29.4. The number of phenols is 1. The van der Waals surface area contributed by atoms with Crippen molar-refractivity contribution in [3.8, 4) is 17.2 Å². The van der Waals surface area contributed by atoms with Crippen molar-refractivity contribution in [2.45, 2.75) is 33.2 Å². The summed E-state index contributed by atoms with van der Waals surface area (Å²) in [5, 5.41) is 19.5. The van der Waals surface area contributed by atoms with Gasteiger partial charge in [-0.3, -0.25) is 4.79 Å². The maximum absolute atomic E-state index is 14.6. The summed E-state index contributed by atoms with van der Waals surface area (Å²) in [6, 6.07) is 31.7. The number of carbonyl (C=O) groups excluding carboxylic acids is 1. The van der Waals surface area contributed by atoms with Gasteiger partial charge >= 0.3 is 0 Å². The molecule has 0 aromatic heterocycles. The molecule has 2 aliphatic rings. The Morgan fingerprint density at radius 2 is 1.33 bits per heavy atom. The molecule has 2 heterocycles. The first-order valence-corrected chi connectivity index (χ1v) is 16.1. The van der Waals surface area contributed by atoms with E-state index in [1.807, 2.05) is 66.7 Å². The van der Waals surface area contributed by atoms with Gasteiger partial charge in [0.05, 0.1) is 6.21 Å². The Morgan fingerprint density at radius 3 is 1.96 bits per heavy atom. The number of aromatic hydroxyl groups is 1. The Bertz CT molecular complexity index is 1930. The molecule has 5 aromatic rings. The Morgan fingerprint density at radius 1 is 0.739 bits per heavy atom. The average molecular weight is 611 g/mol. The number of fused-ring (bicyclic) bond motifs is 7. The summed E-state index contributed by atoms with van der Waals surface area (Å²) in [5.41, 5.74) is 4.64. The number of hydrazone groups is 1. The van der Waals surface area contributed by atoms with E-state index < -0.39 is 5.54 Å². The van der Waals surface area contributed by atoms with Crippen molar-refractivity contribution in [3.05, 3.63) is 125 Å². The maximum Gasteiger partial charge on any atom is 0.275 e. The molecule has 7 heteroatoms. The van der Waals surface area contributed by atoms with E-state index in [9.17, 15) is 9.90 Å². The van der Waals surface area contributed by atoms with E-state index in [2.05, 4.69) is 61.8 Å². The Balaban J connectivity index is 1.55. The van der Waals surface area contributed by atoms with Gasteiger partial charge in [0.1, 0.15) is 22.8 Å². The van der Waals surface area contributed by atoms with E-state index in [1.165, 1.54) is 0 Å². The monoisotopic (exact) mass is 610 g/mol. The molecule has 0 saturated heterocycles. The number of nitrogens with zero attached hydrogens (tertiary/aromatic N) is 4. The lowest BCUT2D eigenvalue weighted by atomic mass is 9.75. The topological polar surface area (TPSA) is 68.6 Å². The fourth-order valence-corrected chi connectivity index (χ4v) is 7.17. The summed E-state index contributed by atoms with van der Waals surface area (Å²) in [5.74, 6) is 1.24. The molecular weight excluding hydrogens is 572 g/mol. The van der Waals surface area contributed by atoms with E-state index >= 15 is 0 Å². The van der Waals surface area contributed by atoms with Crippen LogP contribution in [0.1, 0.15) is 60.3 Å². The van der Waals surface area contributed by atoms with Crippen LogP contribution in [-0.2, 0) is 5.54 Å². The minimum atomic E-state index is -1.13. The van der Waals surface area contributed by atoms with Crippen molar-refractivity contribution in [1.29, 1.82) is 0 Å². The van der Waals surface area contributed by atoms with E-state index in [0.717, 1.165) is 65.0 Å². The third kappa shape index (κ3) is 4.33. The van der Waals surface area contributed by atoms with Crippen LogP contribution in [0.5, 0.6) is 17.2 Å². The highest BCUT2D eigenvalue weighted by atomic mass is 16.5. The lowest BCUT2D eigenvalue weighted by Gasteiger charge is -2.42. The molecule has 232 valence electrons. The molecule has 0 bridgehead atoms. The van der Waals surface area contributed by atoms with Crippen LogP contribution in [0, 0.1) is 0 Å². The zero-order valence-electron chi connectivity index (χ0n) is 26.7. The maximum atomic E-state index is 14.6. The van der Waals surface area contributed by atoms with E-state index in [-0.39, 0.29) is 11.7 Å². The lowest BCUT2D eigenvalue weighted by molar-refractivity contribution is 0.0675. The summed E-state index contributed by atoms with van der Waals surface area (Å²) >= 11 is 0. The van der Waals surface area contributed by atoms with Crippen LogP contribution in [0.3, 0.4) is 0 Å². The largest absolute Gasteiger partial charge is 0.507 e. The van der Waals surface area contributed by atoms with Crippen LogP contribution in [0.2, 0.25) is 0 Å². The molecule has 0 saturated carbocycles. The minimum Gasteiger partial charge on any atom is -0.507 e. The predicted octanol–water partition coefficient (Wildman–Crippen LogP) is 8.13. The highest BCUT2D eigenvalue weighted by Gasteiger charge is 2.57. The van der Waals surface area contributed by atoms with Crippen molar-refractivity contribution >= 4 is 34.3 Å². The average Bonchev–Trinajstić information content (AvgIpc) is 3.33. The van der Waals surface area contributed by atoms with Crippen molar-refractivity contribution in [3.63, 3.8) is 0 Å². The zero-order valence-corrected chi connectivity index (χ0v) is 26.7. The summed E-state index contributed by atoms with van der Waals surface area (Å²) in [6.45, 7) is 11.9. The summed E-state index contributed by atoms with van der Waals surface area (Å²) in [6.07, 6.45) is 1.63. The van der Waals surface area contributed by atoms with Gasteiger partial charge in [-0.25, -0.2) is 5.01 Å². The van der Waals surface area contributed by atoms with Gasteiger partial charge in [0.15, 0.2) is 0 Å². The molecule has 2 aliphatic heterocycles. The molecule has 7 nitrogen and oxygen atoms in total. The normalized spacial score (nSPS) is 14.3. The number of carbonyl (C=O) groups is 1. The zero-order chi connectivity index (χ0) is 32.0. The van der Waals surface area contributed by atoms with Gasteiger partial charge in [-0.1, -0.05) is 48.5 Å².